The van der Waals surface area contributed by atoms with Gasteiger partial charge >= 0.3 is 0 Å². The van der Waals surface area contributed by atoms with Crippen LogP contribution in [0.1, 0.15) is 19.3 Å². The highest BCUT2D eigenvalue weighted by Crippen LogP contribution is 2.41. The van der Waals surface area contributed by atoms with Gasteiger partial charge in [-0.1, -0.05) is 0 Å². The summed E-state index contributed by atoms with van der Waals surface area (Å²) in [5.41, 5.74) is 0.281. The van der Waals surface area contributed by atoms with Crippen LogP contribution in [0.5, 0.6) is 0 Å². The number of methoxy groups -OCH3 is 1. The van der Waals surface area contributed by atoms with E-state index in [1.807, 2.05) is 14.2 Å². The summed E-state index contributed by atoms with van der Waals surface area (Å²) in [6.07, 6.45) is 3.68. The van der Waals surface area contributed by atoms with Gasteiger partial charge in [-0.15, -0.1) is 0 Å². The van der Waals surface area contributed by atoms with Crippen LogP contribution in [0.25, 0.3) is 0 Å². The van der Waals surface area contributed by atoms with Crippen molar-refractivity contribution in [2.45, 2.75) is 24.9 Å². The lowest BCUT2D eigenvalue weighted by atomic mass is 10.2. The van der Waals surface area contributed by atoms with Gasteiger partial charge in [0.05, 0.1) is 5.60 Å². The van der Waals surface area contributed by atoms with Crippen LogP contribution in [-0.4, -0.2) is 26.3 Å². The summed E-state index contributed by atoms with van der Waals surface area (Å²) < 4.78 is 5.31. The van der Waals surface area contributed by atoms with E-state index >= 15 is 0 Å². The lowest BCUT2D eigenvalue weighted by Gasteiger charge is -2.11. The van der Waals surface area contributed by atoms with Crippen molar-refractivity contribution < 1.29 is 4.74 Å². The second kappa shape index (κ2) is 2.67. The summed E-state index contributed by atoms with van der Waals surface area (Å²) in [4.78, 5) is 0. The Morgan fingerprint density at radius 2 is 2.22 bits per heavy atom. The van der Waals surface area contributed by atoms with Gasteiger partial charge in [-0.25, -0.2) is 0 Å². The number of ether oxygens (including phenoxy) is 1. The van der Waals surface area contributed by atoms with E-state index in [2.05, 4.69) is 5.32 Å². The summed E-state index contributed by atoms with van der Waals surface area (Å²) in [5, 5.41) is 3.12. The maximum Gasteiger partial charge on any atom is 0.0693 e. The van der Waals surface area contributed by atoms with Crippen molar-refractivity contribution in [1.82, 2.24) is 5.32 Å². The Morgan fingerprint density at radius 3 is 2.56 bits per heavy atom. The third-order valence-electron chi connectivity index (χ3n) is 2.07. The molecule has 0 aromatic rings. The van der Waals surface area contributed by atoms with E-state index in [4.69, 9.17) is 4.74 Å². The molecular formula is C7H15NO. The third kappa shape index (κ3) is 1.66. The molecular weight excluding hydrogens is 114 g/mol. The van der Waals surface area contributed by atoms with Crippen molar-refractivity contribution in [2.75, 3.05) is 20.7 Å². The topological polar surface area (TPSA) is 21.3 Å². The molecule has 1 N–H and O–H groups in total. The van der Waals surface area contributed by atoms with E-state index in [0.717, 1.165) is 6.54 Å². The van der Waals surface area contributed by atoms with Gasteiger partial charge < -0.3 is 10.1 Å². The summed E-state index contributed by atoms with van der Waals surface area (Å²) in [7, 11) is 3.79. The molecule has 2 heteroatoms. The molecule has 1 fully saturated rings. The van der Waals surface area contributed by atoms with Gasteiger partial charge in [-0.3, -0.25) is 0 Å². The second-order valence-electron chi connectivity index (χ2n) is 2.74. The summed E-state index contributed by atoms with van der Waals surface area (Å²) in [6, 6.07) is 0. The number of hydrogen-bond acceptors (Lipinski definition) is 2. The first-order chi connectivity index (χ1) is 4.33. The van der Waals surface area contributed by atoms with Crippen molar-refractivity contribution in [1.29, 1.82) is 0 Å². The predicted molar refractivity (Wildman–Crippen MR) is 37.5 cm³/mol. The van der Waals surface area contributed by atoms with Crippen LogP contribution in [0.15, 0.2) is 0 Å². The maximum atomic E-state index is 5.31. The van der Waals surface area contributed by atoms with Crippen molar-refractivity contribution in [2.24, 2.45) is 0 Å². The molecule has 0 spiro atoms. The van der Waals surface area contributed by atoms with Gasteiger partial charge in [-0.05, 0) is 32.9 Å². The normalized spacial score (nSPS) is 22.0. The van der Waals surface area contributed by atoms with Gasteiger partial charge in [0.15, 0.2) is 0 Å². The Kier molecular flexibility index (Phi) is 2.09. The molecule has 1 rings (SSSR count). The fourth-order valence-corrected chi connectivity index (χ4v) is 1.05. The summed E-state index contributed by atoms with van der Waals surface area (Å²) in [6.45, 7) is 1.08. The quantitative estimate of drug-likeness (QED) is 0.605. The molecule has 0 atom stereocenters. The highest BCUT2D eigenvalue weighted by molar-refractivity contribution is 4.95. The number of hydrogen-bond donors (Lipinski definition) is 1. The van der Waals surface area contributed by atoms with Gasteiger partial charge in [0, 0.05) is 7.11 Å². The van der Waals surface area contributed by atoms with E-state index < -0.39 is 0 Å². The van der Waals surface area contributed by atoms with Crippen molar-refractivity contribution >= 4 is 0 Å². The molecule has 0 bridgehead atoms. The first-order valence-electron chi connectivity index (χ1n) is 3.53. The smallest absolute Gasteiger partial charge is 0.0693 e. The van der Waals surface area contributed by atoms with E-state index in [1.165, 1.54) is 19.3 Å². The van der Waals surface area contributed by atoms with Crippen molar-refractivity contribution in [3.05, 3.63) is 0 Å². The van der Waals surface area contributed by atoms with Crippen LogP contribution in [-0.2, 0) is 4.74 Å². The Balaban J connectivity index is 2.10. The Bertz CT molecular complexity index is 88.9. The van der Waals surface area contributed by atoms with E-state index in [0.29, 0.717) is 0 Å². The molecule has 0 saturated heterocycles. The summed E-state index contributed by atoms with van der Waals surface area (Å²) >= 11 is 0. The molecule has 0 radical (unpaired) electrons. The molecule has 1 aliphatic carbocycles. The molecule has 0 heterocycles. The Labute approximate surface area is 56.6 Å². The highest BCUT2D eigenvalue weighted by Gasteiger charge is 2.41. The third-order valence-corrected chi connectivity index (χ3v) is 2.07. The predicted octanol–water partition coefficient (Wildman–Crippen LogP) is 0.775. The van der Waals surface area contributed by atoms with Crippen LogP contribution in [0.4, 0.5) is 0 Å². The second-order valence-corrected chi connectivity index (χ2v) is 2.74. The zero-order chi connectivity index (χ0) is 6.74. The minimum Gasteiger partial charge on any atom is -0.378 e. The average Bonchev–Trinajstić information content (AvgIpc) is 2.65. The molecule has 1 saturated carbocycles. The van der Waals surface area contributed by atoms with Crippen LogP contribution in [0.2, 0.25) is 0 Å². The molecule has 0 aromatic heterocycles. The Hall–Kier alpha value is -0.0800. The molecule has 1 aliphatic rings. The van der Waals surface area contributed by atoms with E-state index in [1.54, 1.807) is 0 Å². The molecule has 2 nitrogen and oxygen atoms in total. The largest absolute Gasteiger partial charge is 0.378 e. The van der Waals surface area contributed by atoms with Crippen LogP contribution >= 0.6 is 0 Å². The highest BCUT2D eigenvalue weighted by atomic mass is 16.5. The average molecular weight is 129 g/mol. The molecule has 9 heavy (non-hydrogen) atoms. The lowest BCUT2D eigenvalue weighted by Crippen LogP contribution is -2.19. The molecule has 0 aliphatic heterocycles. The van der Waals surface area contributed by atoms with Crippen LogP contribution < -0.4 is 5.32 Å². The number of nitrogens with one attached hydrogen (secondary N) is 1. The minimum atomic E-state index is 0.281. The minimum absolute atomic E-state index is 0.281. The van der Waals surface area contributed by atoms with Gasteiger partial charge in [0.25, 0.3) is 0 Å². The monoisotopic (exact) mass is 129 g/mol. The first kappa shape index (κ1) is 7.03. The standard InChI is InChI=1S/C7H15NO/c1-8-6-5-7(9-2)3-4-7/h8H,3-6H2,1-2H3. The SMILES string of the molecule is CNCCC1(OC)CC1. The zero-order valence-corrected chi connectivity index (χ0v) is 6.24. The van der Waals surface area contributed by atoms with E-state index in [9.17, 15) is 0 Å². The van der Waals surface area contributed by atoms with Crippen molar-refractivity contribution in [3.63, 3.8) is 0 Å². The zero-order valence-electron chi connectivity index (χ0n) is 6.24. The van der Waals surface area contributed by atoms with Crippen molar-refractivity contribution in [3.8, 4) is 0 Å². The molecule has 0 amide bonds. The molecule has 0 unspecified atom stereocenters. The Morgan fingerprint density at radius 1 is 1.56 bits per heavy atom. The van der Waals surface area contributed by atoms with Gasteiger partial charge in [0.1, 0.15) is 0 Å². The van der Waals surface area contributed by atoms with Crippen LogP contribution in [0, 0.1) is 0 Å². The van der Waals surface area contributed by atoms with Crippen LogP contribution in [0.3, 0.4) is 0 Å². The molecule has 0 aromatic carbocycles. The van der Waals surface area contributed by atoms with E-state index in [-0.39, 0.29) is 5.60 Å². The lowest BCUT2D eigenvalue weighted by molar-refractivity contribution is 0.0734. The fourth-order valence-electron chi connectivity index (χ4n) is 1.05. The maximum absolute atomic E-state index is 5.31. The number of rotatable bonds is 4. The fraction of sp³-hybridized carbons (Fsp3) is 1.00. The van der Waals surface area contributed by atoms with Gasteiger partial charge in [-0.2, -0.15) is 0 Å². The molecule has 54 valence electrons. The summed E-state index contributed by atoms with van der Waals surface area (Å²) in [5.74, 6) is 0. The first-order valence-corrected chi connectivity index (χ1v) is 3.53. The van der Waals surface area contributed by atoms with Gasteiger partial charge in [0.2, 0.25) is 0 Å².